The zero-order valence-electron chi connectivity index (χ0n) is 8.55. The van der Waals surface area contributed by atoms with E-state index >= 15 is 0 Å². The molecule has 0 saturated heterocycles. The fraction of sp³-hybridized carbons (Fsp3) is 0. The number of nitrogens with zero attached hydrogens (tertiary/aromatic N) is 1. The second-order valence-electron chi connectivity index (χ2n) is 3.41. The molecule has 0 bridgehead atoms. The molecule has 0 radical (unpaired) electrons. The van der Waals surface area contributed by atoms with Crippen LogP contribution in [0, 0.1) is 0 Å². The van der Waals surface area contributed by atoms with Gasteiger partial charge in [0.25, 0.3) is 0 Å². The number of anilines is 1. The normalized spacial score (nSPS) is 10.0. The van der Waals surface area contributed by atoms with Crippen LogP contribution in [0.25, 0.3) is 11.1 Å². The van der Waals surface area contributed by atoms with Crippen LogP contribution in [0.4, 0.5) is 5.69 Å². The molecule has 80 valence electrons. The molecule has 0 spiro atoms. The van der Waals surface area contributed by atoms with Gasteiger partial charge in [0.1, 0.15) is 0 Å². The topological polar surface area (TPSA) is 82.0 Å². The number of benzene rings is 1. The first kappa shape index (κ1) is 10.2. The molecule has 2 rings (SSSR count). The summed E-state index contributed by atoms with van der Waals surface area (Å²) in [5.74, 6) is -0.450. The van der Waals surface area contributed by atoms with Crippen molar-refractivity contribution in [3.8, 4) is 11.1 Å². The van der Waals surface area contributed by atoms with Crippen molar-refractivity contribution in [2.45, 2.75) is 0 Å². The van der Waals surface area contributed by atoms with Gasteiger partial charge in [-0.3, -0.25) is 9.78 Å². The molecule has 1 aromatic carbocycles. The summed E-state index contributed by atoms with van der Waals surface area (Å²) in [6.07, 6.45) is 3.23. The number of carbonyl (C=O) groups excluding carboxylic acids is 1. The van der Waals surface area contributed by atoms with Crippen molar-refractivity contribution in [3.05, 3.63) is 48.3 Å². The summed E-state index contributed by atoms with van der Waals surface area (Å²) in [6, 6.07) is 8.83. The summed E-state index contributed by atoms with van der Waals surface area (Å²) in [5, 5.41) is 0. The number of hydrogen-bond donors (Lipinski definition) is 2. The van der Waals surface area contributed by atoms with E-state index in [0.717, 1.165) is 11.1 Å². The van der Waals surface area contributed by atoms with Gasteiger partial charge in [-0.15, -0.1) is 0 Å². The van der Waals surface area contributed by atoms with Gasteiger partial charge in [0.2, 0.25) is 5.91 Å². The predicted octanol–water partition coefficient (Wildman–Crippen LogP) is 1.43. The Kier molecular flexibility index (Phi) is 2.55. The molecular weight excluding hydrogens is 202 g/mol. The van der Waals surface area contributed by atoms with Gasteiger partial charge >= 0.3 is 0 Å². The number of amides is 1. The number of primary amides is 1. The maximum Gasteiger partial charge on any atom is 0.248 e. The standard InChI is InChI=1S/C12H11N3O/c13-11-7-15-5-4-10(11)8-2-1-3-9(6-8)12(14)16/h1-7H,13H2,(H2,14,16). The second-order valence-corrected chi connectivity index (χ2v) is 3.41. The van der Waals surface area contributed by atoms with Crippen molar-refractivity contribution < 1.29 is 4.79 Å². The molecule has 0 atom stereocenters. The fourth-order valence-corrected chi connectivity index (χ4v) is 1.51. The lowest BCUT2D eigenvalue weighted by Gasteiger charge is -2.05. The molecule has 0 saturated carbocycles. The largest absolute Gasteiger partial charge is 0.397 e. The zero-order chi connectivity index (χ0) is 11.5. The summed E-state index contributed by atoms with van der Waals surface area (Å²) in [6.45, 7) is 0. The Hall–Kier alpha value is -2.36. The highest BCUT2D eigenvalue weighted by Crippen LogP contribution is 2.25. The molecule has 4 heteroatoms. The van der Waals surface area contributed by atoms with Crippen LogP contribution in [-0.2, 0) is 0 Å². The summed E-state index contributed by atoms with van der Waals surface area (Å²) < 4.78 is 0. The number of pyridine rings is 1. The van der Waals surface area contributed by atoms with Crippen LogP contribution in [0.5, 0.6) is 0 Å². The third kappa shape index (κ3) is 1.86. The van der Waals surface area contributed by atoms with Gasteiger partial charge in [-0.05, 0) is 23.8 Å². The van der Waals surface area contributed by atoms with Crippen LogP contribution in [-0.4, -0.2) is 10.9 Å². The lowest BCUT2D eigenvalue weighted by Crippen LogP contribution is -2.10. The summed E-state index contributed by atoms with van der Waals surface area (Å²) in [4.78, 5) is 15.0. The average Bonchev–Trinajstić information content (AvgIpc) is 2.30. The summed E-state index contributed by atoms with van der Waals surface area (Å²) in [5.41, 5.74) is 13.8. The first-order valence-corrected chi connectivity index (χ1v) is 4.78. The van der Waals surface area contributed by atoms with E-state index in [4.69, 9.17) is 11.5 Å². The first-order chi connectivity index (χ1) is 7.68. The van der Waals surface area contributed by atoms with E-state index in [2.05, 4.69) is 4.98 Å². The Morgan fingerprint density at radius 3 is 2.75 bits per heavy atom. The van der Waals surface area contributed by atoms with E-state index in [9.17, 15) is 4.79 Å². The average molecular weight is 213 g/mol. The Balaban J connectivity index is 2.53. The van der Waals surface area contributed by atoms with Crippen LogP contribution in [0.15, 0.2) is 42.7 Å². The minimum absolute atomic E-state index is 0.450. The van der Waals surface area contributed by atoms with Crippen molar-refractivity contribution in [1.29, 1.82) is 0 Å². The second kappa shape index (κ2) is 4.02. The van der Waals surface area contributed by atoms with Crippen molar-refractivity contribution in [2.75, 3.05) is 5.73 Å². The van der Waals surface area contributed by atoms with E-state index in [1.807, 2.05) is 6.07 Å². The maximum atomic E-state index is 11.0. The van der Waals surface area contributed by atoms with E-state index in [-0.39, 0.29) is 0 Å². The van der Waals surface area contributed by atoms with Crippen molar-refractivity contribution in [2.24, 2.45) is 5.73 Å². The molecule has 0 fully saturated rings. The number of rotatable bonds is 2. The molecular formula is C12H11N3O. The van der Waals surface area contributed by atoms with Crippen LogP contribution in [0.2, 0.25) is 0 Å². The number of nitrogens with two attached hydrogens (primary N) is 2. The quantitative estimate of drug-likeness (QED) is 0.791. The molecule has 0 unspecified atom stereocenters. The molecule has 0 aliphatic heterocycles. The molecule has 16 heavy (non-hydrogen) atoms. The highest BCUT2D eigenvalue weighted by atomic mass is 16.1. The van der Waals surface area contributed by atoms with Gasteiger partial charge in [0.05, 0.1) is 11.9 Å². The van der Waals surface area contributed by atoms with Gasteiger partial charge in [-0.25, -0.2) is 0 Å². The number of carbonyl (C=O) groups is 1. The lowest BCUT2D eigenvalue weighted by atomic mass is 10.0. The maximum absolute atomic E-state index is 11.0. The van der Waals surface area contributed by atoms with Gasteiger partial charge in [-0.2, -0.15) is 0 Å². The number of hydrogen-bond acceptors (Lipinski definition) is 3. The Morgan fingerprint density at radius 1 is 1.25 bits per heavy atom. The van der Waals surface area contributed by atoms with Crippen LogP contribution < -0.4 is 11.5 Å². The fourth-order valence-electron chi connectivity index (χ4n) is 1.51. The molecule has 0 aliphatic rings. The van der Waals surface area contributed by atoms with Crippen molar-refractivity contribution in [3.63, 3.8) is 0 Å². The third-order valence-electron chi connectivity index (χ3n) is 2.31. The van der Waals surface area contributed by atoms with Gasteiger partial charge in [0, 0.05) is 17.3 Å². The Labute approximate surface area is 92.9 Å². The highest BCUT2D eigenvalue weighted by molar-refractivity contribution is 5.94. The monoisotopic (exact) mass is 213 g/mol. The zero-order valence-corrected chi connectivity index (χ0v) is 8.55. The summed E-state index contributed by atoms with van der Waals surface area (Å²) in [7, 11) is 0. The minimum Gasteiger partial charge on any atom is -0.397 e. The molecule has 1 heterocycles. The Bertz CT molecular complexity index is 537. The van der Waals surface area contributed by atoms with Gasteiger partial charge in [-0.1, -0.05) is 12.1 Å². The molecule has 0 aliphatic carbocycles. The molecule has 4 N–H and O–H groups in total. The van der Waals surface area contributed by atoms with Gasteiger partial charge < -0.3 is 11.5 Å². The molecule has 1 aromatic heterocycles. The highest BCUT2D eigenvalue weighted by Gasteiger charge is 2.05. The van der Waals surface area contributed by atoms with Crippen molar-refractivity contribution in [1.82, 2.24) is 4.98 Å². The number of aromatic nitrogens is 1. The van der Waals surface area contributed by atoms with Gasteiger partial charge in [0.15, 0.2) is 0 Å². The van der Waals surface area contributed by atoms with Crippen LogP contribution in [0.3, 0.4) is 0 Å². The lowest BCUT2D eigenvalue weighted by molar-refractivity contribution is 0.100. The predicted molar refractivity (Wildman–Crippen MR) is 62.6 cm³/mol. The number of nitrogen functional groups attached to an aromatic ring is 1. The van der Waals surface area contributed by atoms with E-state index in [1.54, 1.807) is 36.7 Å². The molecule has 1 amide bonds. The van der Waals surface area contributed by atoms with Crippen molar-refractivity contribution >= 4 is 11.6 Å². The Morgan fingerprint density at radius 2 is 2.06 bits per heavy atom. The van der Waals surface area contributed by atoms with E-state index in [1.165, 1.54) is 0 Å². The van der Waals surface area contributed by atoms with Crippen LogP contribution in [0.1, 0.15) is 10.4 Å². The molecule has 4 nitrogen and oxygen atoms in total. The SMILES string of the molecule is NC(=O)c1cccc(-c2ccncc2N)c1. The minimum atomic E-state index is -0.450. The smallest absolute Gasteiger partial charge is 0.248 e. The third-order valence-corrected chi connectivity index (χ3v) is 2.31. The first-order valence-electron chi connectivity index (χ1n) is 4.78. The van der Waals surface area contributed by atoms with E-state index in [0.29, 0.717) is 11.3 Å². The van der Waals surface area contributed by atoms with Crippen LogP contribution >= 0.6 is 0 Å². The summed E-state index contributed by atoms with van der Waals surface area (Å²) >= 11 is 0. The van der Waals surface area contributed by atoms with E-state index < -0.39 is 5.91 Å². The molecule has 2 aromatic rings.